The lowest BCUT2D eigenvalue weighted by atomic mass is 10.2. The summed E-state index contributed by atoms with van der Waals surface area (Å²) in [7, 11) is 0. The number of hydrogen-bond donors (Lipinski definition) is 1. The maximum atomic E-state index is 6.90. The fourth-order valence-electron chi connectivity index (χ4n) is 0.590. The van der Waals surface area contributed by atoms with Gasteiger partial charge in [-0.25, -0.2) is 0 Å². The third-order valence-electron chi connectivity index (χ3n) is 1.07. The first kappa shape index (κ1) is 5.84. The van der Waals surface area contributed by atoms with E-state index in [-0.39, 0.29) is 0 Å². The van der Waals surface area contributed by atoms with Gasteiger partial charge in [0.25, 0.3) is 0 Å². The molecular weight excluding hydrogens is 110 g/mol. The van der Waals surface area contributed by atoms with Crippen molar-refractivity contribution < 1.29 is 0 Å². The van der Waals surface area contributed by atoms with Crippen LogP contribution in [-0.2, 0) is 0 Å². The minimum atomic E-state index is 0.705. The molecule has 0 radical (unpaired) electrons. The topological polar surface area (TPSA) is 23.9 Å². The molecule has 0 spiro atoms. The van der Waals surface area contributed by atoms with Crippen LogP contribution in [0.3, 0.4) is 0 Å². The summed E-state index contributed by atoms with van der Waals surface area (Å²) in [6, 6.07) is 0. The van der Waals surface area contributed by atoms with E-state index in [0.717, 1.165) is 5.57 Å². The summed E-state index contributed by atoms with van der Waals surface area (Å²) < 4.78 is 0. The van der Waals surface area contributed by atoms with Crippen molar-refractivity contribution in [2.24, 2.45) is 0 Å². The Morgan fingerprint density at radius 3 is 3.33 bits per heavy atom. The minimum absolute atomic E-state index is 0.705. The van der Waals surface area contributed by atoms with Gasteiger partial charge in [0.05, 0.1) is 0 Å². The zero-order valence-electron chi connectivity index (χ0n) is 5.02. The Balaban J connectivity index is 2.78. The van der Waals surface area contributed by atoms with E-state index in [1.807, 2.05) is 12.2 Å². The van der Waals surface area contributed by atoms with E-state index in [1.165, 1.54) is 6.21 Å². The van der Waals surface area contributed by atoms with Crippen molar-refractivity contribution >= 4 is 6.21 Å². The van der Waals surface area contributed by atoms with Gasteiger partial charge in [-0.1, -0.05) is 24.0 Å². The molecule has 1 heteroatoms. The first-order chi connectivity index (χ1) is 4.43. The fraction of sp³-hybridized carbons (Fsp3) is 0.125. The number of allylic oxidation sites excluding steroid dienone is 4. The molecule has 9 heavy (non-hydrogen) atoms. The Morgan fingerprint density at radius 2 is 2.56 bits per heavy atom. The van der Waals surface area contributed by atoms with E-state index in [2.05, 4.69) is 11.8 Å². The molecule has 0 aromatic carbocycles. The van der Waals surface area contributed by atoms with E-state index in [4.69, 9.17) is 5.41 Å². The lowest BCUT2D eigenvalue weighted by molar-refractivity contribution is 1.37. The average Bonchev–Trinajstić information content (AvgIpc) is 2.13. The summed E-state index contributed by atoms with van der Waals surface area (Å²) in [6.45, 7) is 0. The molecular formula is C8H7N. The molecule has 1 aliphatic carbocycles. The Bertz CT molecular complexity index is 223. The molecule has 0 aromatic heterocycles. The first-order valence-electron chi connectivity index (χ1n) is 2.78. The van der Waals surface area contributed by atoms with Crippen LogP contribution in [0.1, 0.15) is 6.42 Å². The molecule has 1 aliphatic rings. The molecule has 0 unspecified atom stereocenters. The standard InChI is InChI=1S/C8H7N/c9-7-8-5-3-1-2-4-6-8/h1,3,5,7,9H,6H2. The second kappa shape index (κ2) is 2.88. The monoisotopic (exact) mass is 117 g/mol. The minimum Gasteiger partial charge on any atom is -0.308 e. The molecule has 1 N–H and O–H groups in total. The van der Waals surface area contributed by atoms with E-state index < -0.39 is 0 Å². The van der Waals surface area contributed by atoms with Gasteiger partial charge in [0.2, 0.25) is 0 Å². The van der Waals surface area contributed by atoms with Crippen molar-refractivity contribution in [1.82, 2.24) is 0 Å². The molecule has 1 rings (SSSR count). The Hall–Kier alpha value is -1.29. The average molecular weight is 117 g/mol. The Kier molecular flexibility index (Phi) is 1.87. The van der Waals surface area contributed by atoms with E-state index in [9.17, 15) is 0 Å². The van der Waals surface area contributed by atoms with Gasteiger partial charge in [0, 0.05) is 12.6 Å². The highest BCUT2D eigenvalue weighted by atomic mass is 14.3. The molecule has 0 heterocycles. The molecule has 0 aliphatic heterocycles. The highest BCUT2D eigenvalue weighted by Crippen LogP contribution is 1.98. The lowest BCUT2D eigenvalue weighted by Crippen LogP contribution is -1.78. The third-order valence-corrected chi connectivity index (χ3v) is 1.07. The van der Waals surface area contributed by atoms with E-state index in [1.54, 1.807) is 6.08 Å². The van der Waals surface area contributed by atoms with Crippen LogP contribution < -0.4 is 0 Å². The zero-order chi connectivity index (χ0) is 6.53. The van der Waals surface area contributed by atoms with Gasteiger partial charge >= 0.3 is 0 Å². The van der Waals surface area contributed by atoms with Crippen LogP contribution in [0.25, 0.3) is 0 Å². The Labute approximate surface area is 54.6 Å². The quantitative estimate of drug-likeness (QED) is 0.398. The van der Waals surface area contributed by atoms with Crippen molar-refractivity contribution in [3.63, 3.8) is 0 Å². The van der Waals surface area contributed by atoms with Gasteiger partial charge < -0.3 is 5.41 Å². The van der Waals surface area contributed by atoms with Gasteiger partial charge in [0.1, 0.15) is 0 Å². The maximum Gasteiger partial charge on any atom is 0.0358 e. The molecule has 0 aromatic rings. The molecule has 0 saturated heterocycles. The van der Waals surface area contributed by atoms with E-state index in [0.29, 0.717) is 6.42 Å². The number of rotatable bonds is 1. The van der Waals surface area contributed by atoms with Gasteiger partial charge in [-0.05, 0) is 11.6 Å². The van der Waals surface area contributed by atoms with Crippen LogP contribution in [-0.4, -0.2) is 6.21 Å². The van der Waals surface area contributed by atoms with Gasteiger partial charge in [-0.15, -0.1) is 0 Å². The van der Waals surface area contributed by atoms with Gasteiger partial charge in [-0.2, -0.15) is 0 Å². The number of nitrogens with one attached hydrogen (secondary N) is 1. The molecule has 44 valence electrons. The lowest BCUT2D eigenvalue weighted by Gasteiger charge is -1.86. The second-order valence-electron chi connectivity index (χ2n) is 1.74. The van der Waals surface area contributed by atoms with Crippen molar-refractivity contribution in [2.75, 3.05) is 0 Å². The highest BCUT2D eigenvalue weighted by molar-refractivity contribution is 5.77. The van der Waals surface area contributed by atoms with Gasteiger partial charge in [-0.3, -0.25) is 0 Å². The summed E-state index contributed by atoms with van der Waals surface area (Å²) in [6.07, 6.45) is 7.58. The summed E-state index contributed by atoms with van der Waals surface area (Å²) >= 11 is 0. The van der Waals surface area contributed by atoms with E-state index >= 15 is 0 Å². The van der Waals surface area contributed by atoms with Crippen molar-refractivity contribution in [2.45, 2.75) is 6.42 Å². The smallest absolute Gasteiger partial charge is 0.0358 e. The van der Waals surface area contributed by atoms with Crippen LogP contribution in [0.15, 0.2) is 23.8 Å². The van der Waals surface area contributed by atoms with Crippen LogP contribution >= 0.6 is 0 Å². The van der Waals surface area contributed by atoms with Gasteiger partial charge in [0.15, 0.2) is 0 Å². The summed E-state index contributed by atoms with van der Waals surface area (Å²) in [4.78, 5) is 0. The van der Waals surface area contributed by atoms with Crippen molar-refractivity contribution in [1.29, 1.82) is 5.41 Å². The summed E-state index contributed by atoms with van der Waals surface area (Å²) in [5.41, 5.74) is 0.969. The molecule has 0 amide bonds. The summed E-state index contributed by atoms with van der Waals surface area (Å²) in [5, 5.41) is 6.90. The van der Waals surface area contributed by atoms with Crippen LogP contribution in [0, 0.1) is 17.3 Å². The maximum absolute atomic E-state index is 6.90. The SMILES string of the molecule is N=CC1=CC=CC#CC1. The first-order valence-corrected chi connectivity index (χ1v) is 2.78. The van der Waals surface area contributed by atoms with Crippen LogP contribution in [0.5, 0.6) is 0 Å². The van der Waals surface area contributed by atoms with Crippen LogP contribution in [0.4, 0.5) is 0 Å². The molecule has 1 nitrogen and oxygen atoms in total. The Morgan fingerprint density at radius 1 is 1.67 bits per heavy atom. The molecule has 0 atom stereocenters. The normalized spacial score (nSPS) is 14.9. The largest absolute Gasteiger partial charge is 0.308 e. The van der Waals surface area contributed by atoms with Crippen LogP contribution in [0.2, 0.25) is 0 Å². The molecule has 0 bridgehead atoms. The highest BCUT2D eigenvalue weighted by Gasteiger charge is 1.87. The second-order valence-corrected chi connectivity index (χ2v) is 1.74. The fourth-order valence-corrected chi connectivity index (χ4v) is 0.590. The number of hydrogen-bond acceptors (Lipinski definition) is 1. The van der Waals surface area contributed by atoms with Crippen molar-refractivity contribution in [3.8, 4) is 11.8 Å². The predicted octanol–water partition coefficient (Wildman–Crippen LogP) is 1.53. The predicted molar refractivity (Wildman–Crippen MR) is 38.4 cm³/mol. The van der Waals surface area contributed by atoms with Crippen molar-refractivity contribution in [3.05, 3.63) is 23.8 Å². The summed E-state index contributed by atoms with van der Waals surface area (Å²) in [5.74, 6) is 5.72. The molecule has 0 saturated carbocycles. The molecule has 0 fully saturated rings. The third kappa shape index (κ3) is 1.58. The zero-order valence-corrected chi connectivity index (χ0v) is 5.02.